The number of nitriles is 1. The first kappa shape index (κ1) is 12.1. The number of nitro benzene ring substituents is 1. The highest BCUT2D eigenvalue weighted by atomic mass is 32.2. The monoisotopic (exact) mass is 241 g/mol. The highest BCUT2D eigenvalue weighted by Gasteiger charge is 2.20. The van der Waals surface area contributed by atoms with Crippen LogP contribution in [0.5, 0.6) is 0 Å². The Labute approximate surface area is 91.3 Å². The van der Waals surface area contributed by atoms with E-state index in [1.165, 1.54) is 6.92 Å². The van der Waals surface area contributed by atoms with Crippen molar-refractivity contribution < 1.29 is 13.3 Å². The lowest BCUT2D eigenvalue weighted by Gasteiger charge is -2.03. The highest BCUT2D eigenvalue weighted by Crippen LogP contribution is 2.25. The maximum absolute atomic E-state index is 11.0. The molecule has 0 radical (unpaired) electrons. The molecule has 16 heavy (non-hydrogen) atoms. The van der Waals surface area contributed by atoms with Crippen molar-refractivity contribution in [3.05, 3.63) is 33.4 Å². The van der Waals surface area contributed by atoms with E-state index < -0.39 is 25.5 Å². The van der Waals surface area contributed by atoms with Gasteiger partial charge >= 0.3 is 0 Å². The summed E-state index contributed by atoms with van der Waals surface area (Å²) in [5.74, 6) is 0. The SMILES string of the molecule is Cc1c(C#N)cc(S(N)(=O)=O)cc1[N+](=O)[O-]. The number of hydrogen-bond acceptors (Lipinski definition) is 5. The lowest BCUT2D eigenvalue weighted by molar-refractivity contribution is -0.385. The van der Waals surface area contributed by atoms with Gasteiger partial charge in [0.2, 0.25) is 10.0 Å². The van der Waals surface area contributed by atoms with Gasteiger partial charge in [-0.1, -0.05) is 0 Å². The predicted octanol–water partition coefficient (Wildman–Crippen LogP) is 0.422. The van der Waals surface area contributed by atoms with E-state index in [4.69, 9.17) is 10.4 Å². The van der Waals surface area contributed by atoms with Crippen molar-refractivity contribution in [1.82, 2.24) is 0 Å². The second kappa shape index (κ2) is 3.88. The largest absolute Gasteiger partial charge is 0.274 e. The molecule has 0 unspecified atom stereocenters. The predicted molar refractivity (Wildman–Crippen MR) is 53.9 cm³/mol. The zero-order valence-corrected chi connectivity index (χ0v) is 8.98. The summed E-state index contributed by atoms with van der Waals surface area (Å²) in [7, 11) is -4.06. The van der Waals surface area contributed by atoms with E-state index in [2.05, 4.69) is 0 Å². The summed E-state index contributed by atoms with van der Waals surface area (Å²) >= 11 is 0. The Kier molecular flexibility index (Phi) is 2.93. The number of sulfonamides is 1. The Balaban J connectivity index is 3.68. The van der Waals surface area contributed by atoms with E-state index in [1.807, 2.05) is 0 Å². The van der Waals surface area contributed by atoms with E-state index in [-0.39, 0.29) is 11.1 Å². The summed E-state index contributed by atoms with van der Waals surface area (Å²) in [6, 6.07) is 3.53. The number of nitrogens with two attached hydrogens (primary N) is 1. The average Bonchev–Trinajstić information content (AvgIpc) is 2.15. The van der Waals surface area contributed by atoms with E-state index in [9.17, 15) is 18.5 Å². The first-order valence-electron chi connectivity index (χ1n) is 3.99. The van der Waals surface area contributed by atoms with Gasteiger partial charge in [0.25, 0.3) is 5.69 Å². The van der Waals surface area contributed by atoms with Crippen molar-refractivity contribution >= 4 is 15.7 Å². The van der Waals surface area contributed by atoms with Crippen LogP contribution in [-0.2, 0) is 10.0 Å². The summed E-state index contributed by atoms with van der Waals surface area (Å²) in [4.78, 5) is 9.43. The standard InChI is InChI=1S/C8H7N3O4S/c1-5-6(4-9)2-7(16(10,14)15)3-8(5)11(12)13/h2-3H,1H3,(H2,10,14,15). The molecule has 2 N–H and O–H groups in total. The third-order valence-corrected chi connectivity index (χ3v) is 2.89. The molecule has 0 aliphatic rings. The average molecular weight is 241 g/mol. The molecule has 0 aliphatic heterocycles. The van der Waals surface area contributed by atoms with Gasteiger partial charge in [0.05, 0.1) is 21.5 Å². The fourth-order valence-electron chi connectivity index (χ4n) is 1.14. The van der Waals surface area contributed by atoms with Crippen molar-refractivity contribution in [2.45, 2.75) is 11.8 Å². The van der Waals surface area contributed by atoms with Gasteiger partial charge in [-0.25, -0.2) is 13.6 Å². The van der Waals surface area contributed by atoms with Gasteiger partial charge in [-0.3, -0.25) is 10.1 Å². The van der Waals surface area contributed by atoms with Crippen LogP contribution in [0.2, 0.25) is 0 Å². The minimum atomic E-state index is -4.06. The van der Waals surface area contributed by atoms with E-state index in [1.54, 1.807) is 6.07 Å². The first-order valence-corrected chi connectivity index (χ1v) is 5.54. The molecule has 1 aromatic rings. The number of benzene rings is 1. The van der Waals surface area contributed by atoms with E-state index >= 15 is 0 Å². The van der Waals surface area contributed by atoms with Crippen molar-refractivity contribution in [2.24, 2.45) is 5.14 Å². The minimum Gasteiger partial charge on any atom is -0.258 e. The molecule has 7 nitrogen and oxygen atoms in total. The molecular formula is C8H7N3O4S. The second-order valence-corrected chi connectivity index (χ2v) is 4.59. The number of nitrogens with zero attached hydrogens (tertiary/aromatic N) is 2. The number of primary sulfonamides is 1. The van der Waals surface area contributed by atoms with Crippen LogP contribution < -0.4 is 5.14 Å². The molecule has 0 spiro atoms. The maximum atomic E-state index is 11.0. The van der Waals surface area contributed by atoms with Crippen LogP contribution in [0.3, 0.4) is 0 Å². The highest BCUT2D eigenvalue weighted by molar-refractivity contribution is 7.89. The van der Waals surface area contributed by atoms with Crippen LogP contribution in [0.1, 0.15) is 11.1 Å². The third-order valence-electron chi connectivity index (χ3n) is 2.00. The molecule has 0 saturated heterocycles. The molecular weight excluding hydrogens is 234 g/mol. The fraction of sp³-hybridized carbons (Fsp3) is 0.125. The topological polar surface area (TPSA) is 127 Å². The molecule has 0 amide bonds. The Hall–Kier alpha value is -1.98. The zero-order chi connectivity index (χ0) is 12.5. The molecule has 0 atom stereocenters. The minimum absolute atomic E-state index is 0.0850. The summed E-state index contributed by atoms with van der Waals surface area (Å²) < 4.78 is 22.1. The van der Waals surface area contributed by atoms with Crippen LogP contribution >= 0.6 is 0 Å². The summed E-state index contributed by atoms with van der Waals surface area (Å²) in [6.45, 7) is 1.36. The Morgan fingerprint density at radius 3 is 2.44 bits per heavy atom. The smallest absolute Gasteiger partial charge is 0.258 e. The molecule has 0 bridgehead atoms. The van der Waals surface area contributed by atoms with Crippen molar-refractivity contribution in [3.63, 3.8) is 0 Å². The van der Waals surface area contributed by atoms with Gasteiger partial charge in [-0.15, -0.1) is 0 Å². The lowest BCUT2D eigenvalue weighted by Crippen LogP contribution is -2.13. The van der Waals surface area contributed by atoms with Gasteiger partial charge in [0, 0.05) is 11.6 Å². The third kappa shape index (κ3) is 2.16. The van der Waals surface area contributed by atoms with Crippen molar-refractivity contribution in [1.29, 1.82) is 5.26 Å². The van der Waals surface area contributed by atoms with E-state index in [0.29, 0.717) is 0 Å². The molecule has 84 valence electrons. The van der Waals surface area contributed by atoms with Crippen LogP contribution in [0, 0.1) is 28.4 Å². The van der Waals surface area contributed by atoms with Crippen LogP contribution in [0.4, 0.5) is 5.69 Å². The molecule has 0 heterocycles. The zero-order valence-electron chi connectivity index (χ0n) is 8.17. The molecule has 0 aromatic heterocycles. The molecule has 0 aliphatic carbocycles. The summed E-state index contributed by atoms with van der Waals surface area (Å²) in [5.41, 5.74) is -0.416. The Morgan fingerprint density at radius 2 is 2.06 bits per heavy atom. The van der Waals surface area contributed by atoms with Crippen molar-refractivity contribution in [2.75, 3.05) is 0 Å². The molecule has 0 fully saturated rings. The number of nitro groups is 1. The number of rotatable bonds is 2. The first-order chi connectivity index (χ1) is 7.27. The van der Waals surface area contributed by atoms with Crippen LogP contribution in [0.15, 0.2) is 17.0 Å². The summed E-state index contributed by atoms with van der Waals surface area (Å²) in [6.07, 6.45) is 0. The number of hydrogen-bond donors (Lipinski definition) is 1. The molecule has 8 heteroatoms. The fourth-order valence-corrected chi connectivity index (χ4v) is 1.70. The maximum Gasteiger partial charge on any atom is 0.274 e. The summed E-state index contributed by atoms with van der Waals surface area (Å²) in [5, 5.41) is 24.2. The van der Waals surface area contributed by atoms with Crippen LogP contribution in [-0.4, -0.2) is 13.3 Å². The molecule has 0 saturated carbocycles. The van der Waals surface area contributed by atoms with Crippen LogP contribution in [0.25, 0.3) is 0 Å². The van der Waals surface area contributed by atoms with Gasteiger partial charge in [-0.2, -0.15) is 5.26 Å². The Morgan fingerprint density at radius 1 is 1.50 bits per heavy atom. The molecule has 1 rings (SSSR count). The Bertz CT molecular complexity index is 600. The van der Waals surface area contributed by atoms with Gasteiger partial charge < -0.3 is 0 Å². The van der Waals surface area contributed by atoms with Gasteiger partial charge in [-0.05, 0) is 13.0 Å². The normalized spacial score (nSPS) is 10.8. The van der Waals surface area contributed by atoms with Gasteiger partial charge in [0.1, 0.15) is 0 Å². The van der Waals surface area contributed by atoms with Gasteiger partial charge in [0.15, 0.2) is 0 Å². The quantitative estimate of drug-likeness (QED) is 0.592. The lowest BCUT2D eigenvalue weighted by atomic mass is 10.1. The molecule has 1 aromatic carbocycles. The van der Waals surface area contributed by atoms with Crippen molar-refractivity contribution in [3.8, 4) is 6.07 Å². The second-order valence-electron chi connectivity index (χ2n) is 3.03. The van der Waals surface area contributed by atoms with E-state index in [0.717, 1.165) is 12.1 Å².